The van der Waals surface area contributed by atoms with Crippen molar-refractivity contribution < 1.29 is 17.9 Å². The number of nitrogens with one attached hydrogen (secondary N) is 2. The lowest BCUT2D eigenvalue weighted by molar-refractivity contribution is -0.129. The standard InChI is InChI=1S/C16H17N3O4S/c1-16(2)15(20)19-13-6-5-12(8-14(13)23-16)24(21,22)18-10-11-4-3-7-17-9-11/h3-9,18H,10H2,1-2H3,(H,19,20). The second-order valence-corrected chi connectivity index (χ2v) is 7.68. The van der Waals surface area contributed by atoms with Gasteiger partial charge in [-0.1, -0.05) is 6.07 Å². The molecule has 0 saturated heterocycles. The number of rotatable bonds is 4. The molecule has 8 heteroatoms. The highest BCUT2D eigenvalue weighted by atomic mass is 32.2. The van der Waals surface area contributed by atoms with Crippen LogP contribution in [0.4, 0.5) is 5.69 Å². The van der Waals surface area contributed by atoms with E-state index < -0.39 is 15.6 Å². The molecule has 0 fully saturated rings. The summed E-state index contributed by atoms with van der Waals surface area (Å²) in [4.78, 5) is 15.9. The zero-order chi connectivity index (χ0) is 17.4. The second kappa shape index (κ2) is 5.88. The fourth-order valence-electron chi connectivity index (χ4n) is 2.22. The van der Waals surface area contributed by atoms with Gasteiger partial charge in [-0.15, -0.1) is 0 Å². The van der Waals surface area contributed by atoms with Gasteiger partial charge in [0.25, 0.3) is 5.91 Å². The molecule has 2 aromatic rings. The fraction of sp³-hybridized carbons (Fsp3) is 0.250. The SMILES string of the molecule is CC1(C)Oc2cc(S(=O)(=O)NCc3cccnc3)ccc2NC1=O. The Morgan fingerprint density at radius 1 is 1.29 bits per heavy atom. The highest BCUT2D eigenvalue weighted by Gasteiger charge is 2.35. The zero-order valence-electron chi connectivity index (χ0n) is 13.2. The third-order valence-corrected chi connectivity index (χ3v) is 5.01. The molecule has 0 bridgehead atoms. The minimum atomic E-state index is -3.71. The first-order chi connectivity index (χ1) is 11.3. The molecule has 3 rings (SSSR count). The van der Waals surface area contributed by atoms with E-state index in [-0.39, 0.29) is 17.3 Å². The number of pyridine rings is 1. The maximum Gasteiger partial charge on any atom is 0.268 e. The molecule has 0 saturated carbocycles. The number of nitrogens with zero attached hydrogens (tertiary/aromatic N) is 1. The van der Waals surface area contributed by atoms with E-state index in [4.69, 9.17) is 4.74 Å². The lowest BCUT2D eigenvalue weighted by atomic mass is 10.1. The lowest BCUT2D eigenvalue weighted by Crippen LogP contribution is -2.45. The minimum Gasteiger partial charge on any atom is -0.476 e. The van der Waals surface area contributed by atoms with Crippen LogP contribution in [0.2, 0.25) is 0 Å². The van der Waals surface area contributed by atoms with Gasteiger partial charge < -0.3 is 10.1 Å². The van der Waals surface area contributed by atoms with Crippen LogP contribution in [0.25, 0.3) is 0 Å². The van der Waals surface area contributed by atoms with E-state index in [0.29, 0.717) is 11.4 Å². The average molecular weight is 347 g/mol. The number of hydrogen-bond acceptors (Lipinski definition) is 5. The van der Waals surface area contributed by atoms with Gasteiger partial charge >= 0.3 is 0 Å². The number of amides is 1. The Balaban J connectivity index is 1.83. The molecule has 1 aromatic carbocycles. The van der Waals surface area contributed by atoms with Gasteiger partial charge in [0, 0.05) is 25.0 Å². The number of aromatic nitrogens is 1. The van der Waals surface area contributed by atoms with Gasteiger partial charge in [-0.3, -0.25) is 9.78 Å². The molecule has 24 heavy (non-hydrogen) atoms. The van der Waals surface area contributed by atoms with E-state index in [9.17, 15) is 13.2 Å². The number of carbonyl (C=O) groups is 1. The molecule has 1 aliphatic heterocycles. The summed E-state index contributed by atoms with van der Waals surface area (Å²) in [5.74, 6) is 0.0455. The molecular weight excluding hydrogens is 330 g/mol. The first kappa shape index (κ1) is 16.4. The molecule has 1 amide bonds. The van der Waals surface area contributed by atoms with E-state index in [0.717, 1.165) is 5.56 Å². The smallest absolute Gasteiger partial charge is 0.268 e. The van der Waals surface area contributed by atoms with Gasteiger partial charge in [-0.05, 0) is 37.6 Å². The Morgan fingerprint density at radius 3 is 2.79 bits per heavy atom. The Labute approximate surface area is 140 Å². The van der Waals surface area contributed by atoms with Crippen molar-refractivity contribution in [2.24, 2.45) is 0 Å². The van der Waals surface area contributed by atoms with Crippen LogP contribution in [0.3, 0.4) is 0 Å². The maximum absolute atomic E-state index is 12.4. The van der Waals surface area contributed by atoms with Crippen molar-refractivity contribution in [1.29, 1.82) is 0 Å². The van der Waals surface area contributed by atoms with Crippen LogP contribution in [-0.4, -0.2) is 24.9 Å². The molecule has 2 N–H and O–H groups in total. The number of ether oxygens (including phenoxy) is 1. The molecule has 0 spiro atoms. The summed E-state index contributed by atoms with van der Waals surface area (Å²) in [5, 5.41) is 2.70. The molecule has 7 nitrogen and oxygen atoms in total. The number of benzene rings is 1. The predicted molar refractivity (Wildman–Crippen MR) is 88.0 cm³/mol. The van der Waals surface area contributed by atoms with E-state index >= 15 is 0 Å². The predicted octanol–water partition coefficient (Wildman–Crippen LogP) is 1.67. The molecule has 0 aliphatic carbocycles. The van der Waals surface area contributed by atoms with Crippen molar-refractivity contribution in [3.05, 3.63) is 48.3 Å². The van der Waals surface area contributed by atoms with E-state index in [1.165, 1.54) is 18.2 Å². The summed E-state index contributed by atoms with van der Waals surface area (Å²) in [5.41, 5.74) is 0.146. The van der Waals surface area contributed by atoms with Crippen LogP contribution in [0.1, 0.15) is 19.4 Å². The molecule has 0 atom stereocenters. The number of fused-ring (bicyclic) bond motifs is 1. The van der Waals surface area contributed by atoms with Crippen LogP contribution < -0.4 is 14.8 Å². The Bertz CT molecular complexity index is 879. The summed E-state index contributed by atoms with van der Waals surface area (Å²) >= 11 is 0. The molecule has 0 radical (unpaired) electrons. The summed E-state index contributed by atoms with van der Waals surface area (Å²) in [6, 6.07) is 7.86. The number of carbonyl (C=O) groups excluding carboxylic acids is 1. The van der Waals surface area contributed by atoms with Crippen molar-refractivity contribution in [3.63, 3.8) is 0 Å². The lowest BCUT2D eigenvalue weighted by Gasteiger charge is -2.31. The molecule has 1 aliphatic rings. The number of anilines is 1. The van der Waals surface area contributed by atoms with Crippen LogP contribution in [0.15, 0.2) is 47.6 Å². The van der Waals surface area contributed by atoms with Crippen LogP contribution >= 0.6 is 0 Å². The van der Waals surface area contributed by atoms with E-state index in [1.54, 1.807) is 38.4 Å². The first-order valence-corrected chi connectivity index (χ1v) is 8.79. The zero-order valence-corrected chi connectivity index (χ0v) is 14.1. The van der Waals surface area contributed by atoms with E-state index in [1.807, 2.05) is 0 Å². The number of hydrogen-bond donors (Lipinski definition) is 2. The highest BCUT2D eigenvalue weighted by molar-refractivity contribution is 7.89. The van der Waals surface area contributed by atoms with Crippen LogP contribution in [0.5, 0.6) is 5.75 Å². The summed E-state index contributed by atoms with van der Waals surface area (Å²) in [6.45, 7) is 3.37. The Morgan fingerprint density at radius 2 is 2.08 bits per heavy atom. The normalized spacial score (nSPS) is 16.0. The van der Waals surface area contributed by atoms with Gasteiger partial charge in [-0.2, -0.15) is 0 Å². The summed E-state index contributed by atoms with van der Waals surface area (Å²) in [7, 11) is -3.71. The molecule has 126 valence electrons. The van der Waals surface area contributed by atoms with Gasteiger partial charge in [0.15, 0.2) is 5.60 Å². The third kappa shape index (κ3) is 3.24. The average Bonchev–Trinajstić information content (AvgIpc) is 2.54. The Hall–Kier alpha value is -2.45. The summed E-state index contributed by atoms with van der Waals surface area (Å²) in [6.07, 6.45) is 3.21. The molecule has 2 heterocycles. The minimum absolute atomic E-state index is 0.0667. The quantitative estimate of drug-likeness (QED) is 0.877. The first-order valence-electron chi connectivity index (χ1n) is 7.31. The van der Waals surface area contributed by atoms with Gasteiger partial charge in [0.2, 0.25) is 10.0 Å². The van der Waals surface area contributed by atoms with Crippen molar-refractivity contribution in [1.82, 2.24) is 9.71 Å². The van der Waals surface area contributed by atoms with Gasteiger partial charge in [0.1, 0.15) is 5.75 Å². The van der Waals surface area contributed by atoms with Crippen molar-refractivity contribution in [2.45, 2.75) is 30.9 Å². The molecular formula is C16H17N3O4S. The third-order valence-electron chi connectivity index (χ3n) is 3.61. The Kier molecular flexibility index (Phi) is 4.02. The van der Waals surface area contributed by atoms with Crippen molar-refractivity contribution in [3.8, 4) is 5.75 Å². The van der Waals surface area contributed by atoms with Crippen molar-refractivity contribution >= 4 is 21.6 Å². The number of sulfonamides is 1. The van der Waals surface area contributed by atoms with E-state index in [2.05, 4.69) is 15.0 Å². The van der Waals surface area contributed by atoms with Crippen LogP contribution in [-0.2, 0) is 21.4 Å². The van der Waals surface area contributed by atoms with Crippen LogP contribution in [0, 0.1) is 0 Å². The molecule has 0 unspecified atom stereocenters. The largest absolute Gasteiger partial charge is 0.476 e. The highest BCUT2D eigenvalue weighted by Crippen LogP contribution is 2.35. The second-order valence-electron chi connectivity index (χ2n) is 5.91. The molecule has 1 aromatic heterocycles. The maximum atomic E-state index is 12.4. The van der Waals surface area contributed by atoms with Crippen molar-refractivity contribution in [2.75, 3.05) is 5.32 Å². The van der Waals surface area contributed by atoms with Gasteiger partial charge in [0.05, 0.1) is 10.6 Å². The van der Waals surface area contributed by atoms with Gasteiger partial charge in [-0.25, -0.2) is 13.1 Å². The monoisotopic (exact) mass is 347 g/mol. The fourth-order valence-corrected chi connectivity index (χ4v) is 3.25. The summed E-state index contributed by atoms with van der Waals surface area (Å²) < 4.78 is 33.0. The topological polar surface area (TPSA) is 97.4 Å².